The van der Waals surface area contributed by atoms with Crippen LogP contribution in [-0.4, -0.2) is 64.1 Å². The Kier molecular flexibility index (Phi) is 5.82. The molecule has 0 atom stereocenters. The third kappa shape index (κ3) is 4.15. The van der Waals surface area contributed by atoms with E-state index in [0.717, 1.165) is 5.56 Å². The van der Waals surface area contributed by atoms with Crippen LogP contribution in [-0.2, 0) is 0 Å². The number of hydrogen-bond acceptors (Lipinski definition) is 6. The molecule has 1 amide bonds. The summed E-state index contributed by atoms with van der Waals surface area (Å²) >= 11 is 0. The Bertz CT molecular complexity index is 1360. The summed E-state index contributed by atoms with van der Waals surface area (Å²) in [5.74, 6) is 1.30. The number of aromatic amines is 1. The Morgan fingerprint density at radius 2 is 1.68 bits per heavy atom. The monoisotopic (exact) mass is 456 g/mol. The van der Waals surface area contributed by atoms with Crippen molar-refractivity contribution in [3.8, 4) is 22.7 Å². The van der Waals surface area contributed by atoms with Gasteiger partial charge < -0.3 is 14.5 Å². The first-order valence-corrected chi connectivity index (χ1v) is 11.0. The molecule has 1 fully saturated rings. The smallest absolute Gasteiger partial charge is 0.272 e. The van der Waals surface area contributed by atoms with Gasteiger partial charge in [0.25, 0.3) is 11.5 Å². The van der Waals surface area contributed by atoms with Crippen LogP contribution in [0.15, 0.2) is 77.6 Å². The number of carbonyl (C=O) groups excluding carboxylic acids is 1. The summed E-state index contributed by atoms with van der Waals surface area (Å²) in [4.78, 5) is 29.3. The molecule has 0 spiro atoms. The first kappa shape index (κ1) is 21.4. The lowest BCUT2D eigenvalue weighted by molar-refractivity contribution is 0.0740. The van der Waals surface area contributed by atoms with Crippen molar-refractivity contribution in [3.05, 3.63) is 88.8 Å². The van der Waals surface area contributed by atoms with Crippen molar-refractivity contribution in [1.82, 2.24) is 24.9 Å². The van der Waals surface area contributed by atoms with Crippen molar-refractivity contribution < 1.29 is 9.53 Å². The number of carbonyl (C=O) groups is 1. The van der Waals surface area contributed by atoms with Gasteiger partial charge in [-0.05, 0) is 36.4 Å². The molecule has 3 heterocycles. The van der Waals surface area contributed by atoms with Crippen molar-refractivity contribution in [1.29, 1.82) is 0 Å². The fraction of sp³-hybridized carbons (Fsp3) is 0.200. The number of anilines is 1. The average Bonchev–Trinajstić information content (AvgIpc) is 3.39. The van der Waals surface area contributed by atoms with E-state index in [2.05, 4.69) is 20.2 Å². The summed E-state index contributed by atoms with van der Waals surface area (Å²) in [6.07, 6.45) is 0. The van der Waals surface area contributed by atoms with Crippen molar-refractivity contribution in [3.63, 3.8) is 0 Å². The van der Waals surface area contributed by atoms with Crippen LogP contribution in [0, 0.1) is 0 Å². The van der Waals surface area contributed by atoms with Crippen LogP contribution in [0.2, 0.25) is 0 Å². The highest BCUT2D eigenvalue weighted by molar-refractivity contribution is 5.93. The summed E-state index contributed by atoms with van der Waals surface area (Å²) in [6.45, 7) is 2.29. The van der Waals surface area contributed by atoms with Crippen molar-refractivity contribution in [2.24, 2.45) is 0 Å². The van der Waals surface area contributed by atoms with Gasteiger partial charge in [0.2, 0.25) is 0 Å². The zero-order valence-electron chi connectivity index (χ0n) is 18.7. The third-order valence-electron chi connectivity index (χ3n) is 5.87. The van der Waals surface area contributed by atoms with E-state index in [4.69, 9.17) is 4.74 Å². The van der Waals surface area contributed by atoms with Crippen LogP contribution in [0.5, 0.6) is 5.75 Å². The minimum absolute atomic E-state index is 0.101. The molecule has 2 aromatic heterocycles. The van der Waals surface area contributed by atoms with Gasteiger partial charge in [0.05, 0.1) is 18.5 Å². The molecule has 0 radical (unpaired) electrons. The molecular weight excluding hydrogens is 432 g/mol. The van der Waals surface area contributed by atoms with E-state index in [9.17, 15) is 9.59 Å². The van der Waals surface area contributed by atoms with E-state index >= 15 is 0 Å². The fourth-order valence-electron chi connectivity index (χ4n) is 4.06. The molecule has 0 saturated carbocycles. The SMILES string of the molecule is COc1ccccc1-c1cc(C(=O)N2CCN(c3ccc(=O)n(-c4ccccc4)n3)CC2)[nH]n1. The predicted molar refractivity (Wildman–Crippen MR) is 129 cm³/mol. The molecule has 0 aliphatic carbocycles. The van der Waals surface area contributed by atoms with Crippen molar-refractivity contribution in [2.45, 2.75) is 0 Å². The average molecular weight is 457 g/mol. The molecule has 1 N–H and O–H groups in total. The van der Waals surface area contributed by atoms with E-state index < -0.39 is 0 Å². The number of benzene rings is 2. The van der Waals surface area contributed by atoms with Gasteiger partial charge in [-0.2, -0.15) is 9.78 Å². The van der Waals surface area contributed by atoms with Crippen molar-refractivity contribution >= 4 is 11.7 Å². The number of methoxy groups -OCH3 is 1. The lowest BCUT2D eigenvalue weighted by Gasteiger charge is -2.35. The fourth-order valence-corrected chi connectivity index (χ4v) is 4.06. The Labute approximate surface area is 196 Å². The lowest BCUT2D eigenvalue weighted by atomic mass is 10.1. The summed E-state index contributed by atoms with van der Waals surface area (Å²) in [5, 5.41) is 11.7. The molecule has 172 valence electrons. The number of nitrogens with zero attached hydrogens (tertiary/aromatic N) is 5. The topological polar surface area (TPSA) is 96.4 Å². The van der Waals surface area contributed by atoms with Gasteiger partial charge in [-0.25, -0.2) is 0 Å². The van der Waals surface area contributed by atoms with Crippen LogP contribution in [0.4, 0.5) is 5.82 Å². The summed E-state index contributed by atoms with van der Waals surface area (Å²) < 4.78 is 6.80. The quantitative estimate of drug-likeness (QED) is 0.496. The van der Waals surface area contributed by atoms with Crippen LogP contribution >= 0.6 is 0 Å². The highest BCUT2D eigenvalue weighted by Gasteiger charge is 2.25. The number of rotatable bonds is 5. The van der Waals surface area contributed by atoms with Gasteiger partial charge in [0, 0.05) is 37.8 Å². The maximum atomic E-state index is 13.1. The number of para-hydroxylation sites is 2. The molecule has 34 heavy (non-hydrogen) atoms. The number of amides is 1. The van der Waals surface area contributed by atoms with Crippen LogP contribution in [0.1, 0.15) is 10.5 Å². The molecule has 0 unspecified atom stereocenters. The summed E-state index contributed by atoms with van der Waals surface area (Å²) in [5.41, 5.74) is 2.45. The van der Waals surface area contributed by atoms with Crippen molar-refractivity contribution in [2.75, 3.05) is 38.2 Å². The second kappa shape index (κ2) is 9.22. The molecule has 1 aliphatic rings. The van der Waals surface area contributed by atoms with E-state index in [1.807, 2.05) is 54.6 Å². The molecule has 2 aromatic carbocycles. The Morgan fingerprint density at radius 3 is 2.44 bits per heavy atom. The molecule has 5 rings (SSSR count). The van der Waals surface area contributed by atoms with Gasteiger partial charge >= 0.3 is 0 Å². The van der Waals surface area contributed by atoms with Gasteiger partial charge in [-0.1, -0.05) is 30.3 Å². The Morgan fingerprint density at radius 1 is 0.941 bits per heavy atom. The minimum atomic E-state index is -0.186. The highest BCUT2D eigenvalue weighted by Crippen LogP contribution is 2.28. The second-order valence-electron chi connectivity index (χ2n) is 7.92. The standard InChI is InChI=1S/C25H24N6O3/c1-34-22-10-6-5-9-19(22)20-17-21(27-26-20)25(33)30-15-13-29(14-16-30)23-11-12-24(32)31(28-23)18-7-3-2-4-8-18/h2-12,17H,13-16H2,1H3,(H,26,27). The van der Waals surface area contributed by atoms with Gasteiger partial charge in [0.15, 0.2) is 0 Å². The maximum Gasteiger partial charge on any atom is 0.272 e. The number of hydrogen-bond donors (Lipinski definition) is 1. The Hall–Kier alpha value is -4.40. The lowest BCUT2D eigenvalue weighted by Crippen LogP contribution is -2.49. The summed E-state index contributed by atoms with van der Waals surface area (Å²) in [7, 11) is 1.61. The number of ether oxygens (including phenoxy) is 1. The highest BCUT2D eigenvalue weighted by atomic mass is 16.5. The molecule has 9 nitrogen and oxygen atoms in total. The predicted octanol–water partition coefficient (Wildman–Crippen LogP) is 2.59. The largest absolute Gasteiger partial charge is 0.496 e. The summed E-state index contributed by atoms with van der Waals surface area (Å²) in [6, 6.07) is 21.9. The second-order valence-corrected chi connectivity index (χ2v) is 7.92. The van der Waals surface area contributed by atoms with E-state index in [-0.39, 0.29) is 11.5 Å². The van der Waals surface area contributed by atoms with E-state index in [1.54, 1.807) is 24.1 Å². The molecular formula is C25H24N6O3. The van der Waals surface area contributed by atoms with Crippen LogP contribution in [0.25, 0.3) is 16.9 Å². The number of aromatic nitrogens is 4. The number of nitrogens with one attached hydrogen (secondary N) is 1. The molecule has 9 heteroatoms. The first-order chi connectivity index (χ1) is 16.6. The van der Waals surface area contributed by atoms with Crippen LogP contribution < -0.4 is 15.2 Å². The number of piperazine rings is 1. The Balaban J connectivity index is 1.28. The number of H-pyrrole nitrogens is 1. The maximum absolute atomic E-state index is 13.1. The normalized spacial score (nSPS) is 13.7. The zero-order valence-corrected chi connectivity index (χ0v) is 18.7. The molecule has 4 aromatic rings. The molecule has 1 aliphatic heterocycles. The van der Waals surface area contributed by atoms with Gasteiger partial charge in [-0.3, -0.25) is 14.7 Å². The molecule has 0 bridgehead atoms. The van der Waals surface area contributed by atoms with Gasteiger partial charge in [-0.15, -0.1) is 5.10 Å². The third-order valence-corrected chi connectivity index (χ3v) is 5.87. The van der Waals surface area contributed by atoms with E-state index in [0.29, 0.717) is 54.8 Å². The van der Waals surface area contributed by atoms with E-state index in [1.165, 1.54) is 10.7 Å². The zero-order chi connectivity index (χ0) is 23.5. The first-order valence-electron chi connectivity index (χ1n) is 11.0. The van der Waals surface area contributed by atoms with Crippen LogP contribution in [0.3, 0.4) is 0 Å². The van der Waals surface area contributed by atoms with Gasteiger partial charge in [0.1, 0.15) is 17.3 Å². The minimum Gasteiger partial charge on any atom is -0.496 e. The molecule has 1 saturated heterocycles.